The lowest BCUT2D eigenvalue weighted by molar-refractivity contribution is -0.583. The third-order valence-electron chi connectivity index (χ3n) is 4.16. The van der Waals surface area contributed by atoms with Gasteiger partial charge in [0.2, 0.25) is 0 Å². The van der Waals surface area contributed by atoms with Crippen molar-refractivity contribution in [2.45, 2.75) is 0 Å². The smallest absolute Gasteiger partial charge is 0.334 e. The molecule has 0 spiro atoms. The molecule has 6 nitrogen and oxygen atoms in total. The Labute approximate surface area is 148 Å². The summed E-state index contributed by atoms with van der Waals surface area (Å²) in [6.07, 6.45) is 0. The Kier molecular flexibility index (Phi) is 3.78. The summed E-state index contributed by atoms with van der Waals surface area (Å²) in [7, 11) is 0. The molecule has 0 radical (unpaired) electrons. The second kappa shape index (κ2) is 6.25. The molecule has 1 aromatic heterocycles. The molecule has 0 amide bonds. The molecule has 0 unspecified atom stereocenters. The van der Waals surface area contributed by atoms with Crippen molar-refractivity contribution in [1.29, 1.82) is 0 Å². The lowest BCUT2D eigenvalue weighted by Gasteiger charge is -2.14. The molecule has 0 saturated carbocycles. The first kappa shape index (κ1) is 15.7. The number of rotatable bonds is 3. The summed E-state index contributed by atoms with van der Waals surface area (Å²) < 4.78 is 0.791. The van der Waals surface area contributed by atoms with Gasteiger partial charge in [0.15, 0.2) is 5.52 Å². The molecule has 0 saturated heterocycles. The Hall–Kier alpha value is -3.80. The fourth-order valence-electron chi connectivity index (χ4n) is 2.93. The van der Waals surface area contributed by atoms with Crippen LogP contribution in [0.2, 0.25) is 0 Å². The molecule has 3 aromatic carbocycles. The van der Waals surface area contributed by atoms with Gasteiger partial charge >= 0.3 is 5.82 Å². The molecule has 6 heteroatoms. The molecule has 0 N–H and O–H groups in total. The van der Waals surface area contributed by atoms with E-state index < -0.39 is 4.92 Å². The maximum absolute atomic E-state index is 13.1. The lowest BCUT2D eigenvalue weighted by atomic mass is 10.1. The zero-order valence-electron chi connectivity index (χ0n) is 13.6. The Morgan fingerprint density at radius 1 is 0.808 bits per heavy atom. The first-order chi connectivity index (χ1) is 12.6. The molecule has 126 valence electrons. The highest BCUT2D eigenvalue weighted by atomic mass is 16.6. The molecule has 26 heavy (non-hydrogen) atoms. The lowest BCUT2D eigenvalue weighted by Crippen LogP contribution is -2.33. The van der Waals surface area contributed by atoms with Gasteiger partial charge in [-0.1, -0.05) is 42.5 Å². The van der Waals surface area contributed by atoms with Gasteiger partial charge < -0.3 is 5.21 Å². The van der Waals surface area contributed by atoms with Crippen LogP contribution in [-0.2, 0) is 0 Å². The van der Waals surface area contributed by atoms with E-state index in [2.05, 4.69) is 4.98 Å². The summed E-state index contributed by atoms with van der Waals surface area (Å²) in [6, 6.07) is 22.6. The van der Waals surface area contributed by atoms with Crippen LogP contribution < -0.4 is 4.73 Å². The SMILES string of the molecule is O=[N+]([O-])c1ccc(-c2nc3ccccc3c(-c3ccccc3)[n+]2[O-])cc1. The fraction of sp³-hybridized carbons (Fsp3) is 0. The standard InChI is InChI=1S/C20H13N3O3/c24-22-19(14-6-2-1-3-7-14)17-8-4-5-9-18(17)21-20(22)15-10-12-16(13-11-15)23(25)26/h1-13H. The molecule has 0 aliphatic heterocycles. The minimum atomic E-state index is -0.474. The van der Waals surface area contributed by atoms with E-state index in [1.165, 1.54) is 12.1 Å². The summed E-state index contributed by atoms with van der Waals surface area (Å²) in [5.74, 6) is 0.206. The number of nitro groups is 1. The molecule has 0 aliphatic rings. The highest BCUT2D eigenvalue weighted by Gasteiger charge is 2.21. The Morgan fingerprint density at radius 3 is 2.15 bits per heavy atom. The summed E-state index contributed by atoms with van der Waals surface area (Å²) in [6.45, 7) is 0. The number of nitro benzene ring substituents is 1. The van der Waals surface area contributed by atoms with E-state index >= 15 is 0 Å². The van der Waals surface area contributed by atoms with Crippen LogP contribution in [0.1, 0.15) is 0 Å². The number of aromatic nitrogens is 2. The van der Waals surface area contributed by atoms with E-state index in [9.17, 15) is 15.3 Å². The average Bonchev–Trinajstić information content (AvgIpc) is 2.68. The number of benzene rings is 3. The molecule has 0 aliphatic carbocycles. The van der Waals surface area contributed by atoms with Gasteiger partial charge in [0.05, 0.1) is 15.9 Å². The number of fused-ring (bicyclic) bond motifs is 1. The molecule has 1 heterocycles. The van der Waals surface area contributed by atoms with Crippen LogP contribution in [0.3, 0.4) is 0 Å². The first-order valence-corrected chi connectivity index (χ1v) is 7.98. The predicted molar refractivity (Wildman–Crippen MR) is 98.2 cm³/mol. The van der Waals surface area contributed by atoms with Crippen LogP contribution in [0.4, 0.5) is 5.69 Å². The van der Waals surface area contributed by atoms with Crippen LogP contribution in [0.15, 0.2) is 78.9 Å². The summed E-state index contributed by atoms with van der Waals surface area (Å²) >= 11 is 0. The topological polar surface area (TPSA) is 83.0 Å². The molecule has 0 bridgehead atoms. The van der Waals surface area contributed by atoms with Crippen molar-refractivity contribution in [3.05, 3.63) is 94.2 Å². The van der Waals surface area contributed by atoms with Gasteiger partial charge in [0.25, 0.3) is 5.69 Å². The van der Waals surface area contributed by atoms with Crippen LogP contribution in [0.25, 0.3) is 33.5 Å². The number of nitrogens with zero attached hydrogens (tertiary/aromatic N) is 3. The summed E-state index contributed by atoms with van der Waals surface area (Å²) in [5, 5.41) is 24.7. The van der Waals surface area contributed by atoms with Crippen LogP contribution >= 0.6 is 0 Å². The normalized spacial score (nSPS) is 10.8. The van der Waals surface area contributed by atoms with Crippen molar-refractivity contribution in [3.63, 3.8) is 0 Å². The molecule has 0 fully saturated rings. The van der Waals surface area contributed by atoms with E-state index in [-0.39, 0.29) is 11.5 Å². The third-order valence-corrected chi connectivity index (χ3v) is 4.16. The first-order valence-electron chi connectivity index (χ1n) is 7.98. The van der Waals surface area contributed by atoms with Crippen molar-refractivity contribution in [1.82, 2.24) is 4.98 Å². The minimum absolute atomic E-state index is 0.0322. The average molecular weight is 343 g/mol. The van der Waals surface area contributed by atoms with E-state index in [4.69, 9.17) is 0 Å². The molecular formula is C20H13N3O3. The fourth-order valence-corrected chi connectivity index (χ4v) is 2.93. The second-order valence-electron chi connectivity index (χ2n) is 5.77. The maximum Gasteiger partial charge on any atom is 0.334 e. The van der Waals surface area contributed by atoms with Crippen LogP contribution in [0.5, 0.6) is 0 Å². The van der Waals surface area contributed by atoms with Crippen molar-refractivity contribution in [3.8, 4) is 22.6 Å². The third kappa shape index (κ3) is 2.63. The molecule has 0 atom stereocenters. The van der Waals surface area contributed by atoms with Gasteiger partial charge in [-0.3, -0.25) is 10.1 Å². The Morgan fingerprint density at radius 2 is 1.46 bits per heavy atom. The number of para-hydroxylation sites is 1. The van der Waals surface area contributed by atoms with Crippen LogP contribution in [0, 0.1) is 15.3 Å². The summed E-state index contributed by atoms with van der Waals surface area (Å²) in [4.78, 5) is 14.9. The minimum Gasteiger partial charge on any atom is -0.710 e. The number of hydrogen-bond donors (Lipinski definition) is 0. The zero-order valence-corrected chi connectivity index (χ0v) is 13.6. The van der Waals surface area contributed by atoms with Gasteiger partial charge in [-0.2, -0.15) is 0 Å². The van der Waals surface area contributed by atoms with Gasteiger partial charge in [0.1, 0.15) is 5.69 Å². The van der Waals surface area contributed by atoms with E-state index in [0.29, 0.717) is 16.8 Å². The van der Waals surface area contributed by atoms with E-state index in [1.54, 1.807) is 12.1 Å². The Bertz CT molecular complexity index is 1110. The molecule has 4 aromatic rings. The zero-order chi connectivity index (χ0) is 18.1. The molecule has 4 rings (SSSR count). The van der Waals surface area contributed by atoms with Gasteiger partial charge in [-0.15, -0.1) is 0 Å². The maximum atomic E-state index is 13.1. The number of non-ortho nitro benzene ring substituents is 1. The summed E-state index contributed by atoms with van der Waals surface area (Å²) in [5.41, 5.74) is 2.46. The second-order valence-corrected chi connectivity index (χ2v) is 5.77. The van der Waals surface area contributed by atoms with Crippen molar-refractivity contribution >= 4 is 16.6 Å². The monoisotopic (exact) mass is 343 g/mol. The largest absolute Gasteiger partial charge is 0.710 e. The van der Waals surface area contributed by atoms with Crippen molar-refractivity contribution in [2.24, 2.45) is 0 Å². The highest BCUT2D eigenvalue weighted by molar-refractivity contribution is 5.91. The quantitative estimate of drug-likeness (QED) is 0.242. The molecular weight excluding hydrogens is 330 g/mol. The van der Waals surface area contributed by atoms with Gasteiger partial charge in [0, 0.05) is 17.7 Å². The van der Waals surface area contributed by atoms with E-state index in [0.717, 1.165) is 15.7 Å². The van der Waals surface area contributed by atoms with Crippen molar-refractivity contribution < 1.29 is 9.65 Å². The van der Waals surface area contributed by atoms with Gasteiger partial charge in [-0.25, -0.2) is 4.73 Å². The highest BCUT2D eigenvalue weighted by Crippen LogP contribution is 2.27. The Balaban J connectivity index is 1.99. The van der Waals surface area contributed by atoms with Crippen molar-refractivity contribution in [2.75, 3.05) is 0 Å². The van der Waals surface area contributed by atoms with Crippen LogP contribution in [-0.4, -0.2) is 9.91 Å². The van der Waals surface area contributed by atoms with Gasteiger partial charge in [-0.05, 0) is 29.2 Å². The number of hydrogen-bond acceptors (Lipinski definition) is 4. The predicted octanol–water partition coefficient (Wildman–Crippen LogP) is 4.11. The van der Waals surface area contributed by atoms with E-state index in [1.807, 2.05) is 54.6 Å².